The zero-order valence-corrected chi connectivity index (χ0v) is 15.5. The molecule has 0 fully saturated rings. The highest BCUT2D eigenvalue weighted by Crippen LogP contribution is 2.30. The van der Waals surface area contributed by atoms with Crippen molar-refractivity contribution in [3.63, 3.8) is 0 Å². The summed E-state index contributed by atoms with van der Waals surface area (Å²) in [6.45, 7) is 3.89. The molecule has 132 valence electrons. The Morgan fingerprint density at radius 2 is 2.12 bits per heavy atom. The van der Waals surface area contributed by atoms with Crippen molar-refractivity contribution in [2.75, 3.05) is 0 Å². The first-order chi connectivity index (χ1) is 12.1. The van der Waals surface area contributed by atoms with Crippen LogP contribution in [0.2, 0.25) is 5.02 Å². The standard InChI is InChI=1S/C21H24ClNO2/c1-3-20(25-16-11-12-18(22)14(2)13-16)21(24)23-19-10-6-8-15-7-4-5-9-17(15)19/h4-5,7,9,11-13,19-20H,3,6,8,10H2,1-2H3,(H,23,24)/t19-,20-/m0/s1. The zero-order chi connectivity index (χ0) is 17.8. The van der Waals surface area contributed by atoms with Crippen LogP contribution in [0.25, 0.3) is 0 Å². The van der Waals surface area contributed by atoms with Crippen molar-refractivity contribution in [3.8, 4) is 5.75 Å². The van der Waals surface area contributed by atoms with Crippen LogP contribution in [0.3, 0.4) is 0 Å². The fraction of sp³-hybridized carbons (Fsp3) is 0.381. The number of rotatable bonds is 5. The van der Waals surface area contributed by atoms with Crippen molar-refractivity contribution in [1.82, 2.24) is 5.32 Å². The van der Waals surface area contributed by atoms with Crippen LogP contribution in [0.15, 0.2) is 42.5 Å². The molecule has 0 radical (unpaired) electrons. The Morgan fingerprint density at radius 1 is 1.32 bits per heavy atom. The number of aryl methyl sites for hydroxylation is 2. The average molecular weight is 358 g/mol. The lowest BCUT2D eigenvalue weighted by molar-refractivity contribution is -0.129. The predicted molar refractivity (Wildman–Crippen MR) is 101 cm³/mol. The minimum absolute atomic E-state index is 0.0585. The largest absolute Gasteiger partial charge is 0.481 e. The molecule has 0 saturated carbocycles. The van der Waals surface area contributed by atoms with E-state index >= 15 is 0 Å². The summed E-state index contributed by atoms with van der Waals surface area (Å²) in [4.78, 5) is 12.7. The predicted octanol–water partition coefficient (Wildman–Crippen LogP) is 5.00. The van der Waals surface area contributed by atoms with E-state index in [1.165, 1.54) is 11.1 Å². The Labute approximate surface area is 154 Å². The van der Waals surface area contributed by atoms with Crippen molar-refractivity contribution < 1.29 is 9.53 Å². The molecule has 2 aromatic carbocycles. The Bertz CT molecular complexity index is 759. The van der Waals surface area contributed by atoms with Crippen molar-refractivity contribution in [1.29, 1.82) is 0 Å². The summed E-state index contributed by atoms with van der Waals surface area (Å²) in [5.41, 5.74) is 3.51. The summed E-state index contributed by atoms with van der Waals surface area (Å²) in [6.07, 6.45) is 3.26. The molecule has 1 aliphatic carbocycles. The highest BCUT2D eigenvalue weighted by molar-refractivity contribution is 6.31. The van der Waals surface area contributed by atoms with Crippen LogP contribution in [0, 0.1) is 6.92 Å². The van der Waals surface area contributed by atoms with E-state index in [1.54, 1.807) is 12.1 Å². The lowest BCUT2D eigenvalue weighted by Crippen LogP contribution is -2.41. The van der Waals surface area contributed by atoms with Gasteiger partial charge in [-0.1, -0.05) is 42.8 Å². The van der Waals surface area contributed by atoms with Gasteiger partial charge in [0.25, 0.3) is 5.91 Å². The topological polar surface area (TPSA) is 38.3 Å². The van der Waals surface area contributed by atoms with Crippen LogP contribution < -0.4 is 10.1 Å². The number of ether oxygens (including phenoxy) is 1. The summed E-state index contributed by atoms with van der Waals surface area (Å²) < 4.78 is 5.92. The third kappa shape index (κ3) is 4.16. The number of fused-ring (bicyclic) bond motifs is 1. The van der Waals surface area contributed by atoms with Gasteiger partial charge in [-0.15, -0.1) is 0 Å². The number of carbonyl (C=O) groups is 1. The lowest BCUT2D eigenvalue weighted by Gasteiger charge is -2.28. The second kappa shape index (κ2) is 7.92. The summed E-state index contributed by atoms with van der Waals surface area (Å²) in [6, 6.07) is 13.9. The van der Waals surface area contributed by atoms with E-state index in [1.807, 2.05) is 26.0 Å². The highest BCUT2D eigenvalue weighted by Gasteiger charge is 2.25. The maximum atomic E-state index is 12.7. The first-order valence-electron chi connectivity index (χ1n) is 8.89. The fourth-order valence-corrected chi connectivity index (χ4v) is 3.46. The number of hydrogen-bond acceptors (Lipinski definition) is 2. The van der Waals surface area contributed by atoms with Gasteiger partial charge >= 0.3 is 0 Å². The third-order valence-corrected chi connectivity index (χ3v) is 5.18. The number of halogens is 1. The molecule has 0 aromatic heterocycles. The summed E-state index contributed by atoms with van der Waals surface area (Å²) in [7, 11) is 0. The fourth-order valence-electron chi connectivity index (χ4n) is 3.35. The SMILES string of the molecule is CC[C@H](Oc1ccc(Cl)c(C)c1)C(=O)N[C@H]1CCCc2ccccc21. The van der Waals surface area contributed by atoms with E-state index in [-0.39, 0.29) is 11.9 Å². The summed E-state index contributed by atoms with van der Waals surface area (Å²) in [5.74, 6) is 0.616. The number of hydrogen-bond donors (Lipinski definition) is 1. The molecule has 0 unspecified atom stereocenters. The van der Waals surface area contributed by atoms with E-state index in [2.05, 4.69) is 23.5 Å². The number of nitrogens with one attached hydrogen (secondary N) is 1. The molecule has 25 heavy (non-hydrogen) atoms. The first-order valence-corrected chi connectivity index (χ1v) is 9.27. The third-order valence-electron chi connectivity index (χ3n) is 4.76. The summed E-state index contributed by atoms with van der Waals surface area (Å²) >= 11 is 6.06. The average Bonchev–Trinajstić information content (AvgIpc) is 2.63. The molecule has 0 heterocycles. The van der Waals surface area contributed by atoms with Crippen LogP contribution in [-0.4, -0.2) is 12.0 Å². The van der Waals surface area contributed by atoms with E-state index in [0.717, 1.165) is 24.8 Å². The molecule has 2 atom stereocenters. The van der Waals surface area contributed by atoms with Gasteiger partial charge in [0.05, 0.1) is 6.04 Å². The maximum Gasteiger partial charge on any atom is 0.261 e. The first kappa shape index (κ1) is 17.8. The molecule has 2 aromatic rings. The molecule has 0 bridgehead atoms. The quantitative estimate of drug-likeness (QED) is 0.817. The van der Waals surface area contributed by atoms with Crippen LogP contribution in [-0.2, 0) is 11.2 Å². The molecule has 3 nitrogen and oxygen atoms in total. The van der Waals surface area contributed by atoms with Crippen LogP contribution in [0.5, 0.6) is 5.75 Å². The van der Waals surface area contributed by atoms with Crippen molar-refractivity contribution in [3.05, 3.63) is 64.2 Å². The van der Waals surface area contributed by atoms with E-state index in [4.69, 9.17) is 16.3 Å². The molecular weight excluding hydrogens is 334 g/mol. The number of benzene rings is 2. The molecule has 0 aliphatic heterocycles. The van der Waals surface area contributed by atoms with Gasteiger partial charge in [0, 0.05) is 5.02 Å². The van der Waals surface area contributed by atoms with Gasteiger partial charge < -0.3 is 10.1 Å². The van der Waals surface area contributed by atoms with Gasteiger partial charge in [0.15, 0.2) is 6.10 Å². The minimum atomic E-state index is -0.505. The highest BCUT2D eigenvalue weighted by atomic mass is 35.5. The van der Waals surface area contributed by atoms with Crippen LogP contribution in [0.4, 0.5) is 0 Å². The minimum Gasteiger partial charge on any atom is -0.481 e. The molecule has 4 heteroatoms. The second-order valence-electron chi connectivity index (χ2n) is 6.58. The Morgan fingerprint density at radius 3 is 2.88 bits per heavy atom. The normalized spacial score (nSPS) is 17.5. The van der Waals surface area contributed by atoms with Crippen LogP contribution >= 0.6 is 11.6 Å². The Hall–Kier alpha value is -2.00. The molecule has 0 saturated heterocycles. The maximum absolute atomic E-state index is 12.7. The Balaban J connectivity index is 1.70. The Kier molecular flexibility index (Phi) is 5.64. The molecular formula is C21H24ClNO2. The van der Waals surface area contributed by atoms with Gasteiger partial charge in [0.1, 0.15) is 5.75 Å². The van der Waals surface area contributed by atoms with Crippen molar-refractivity contribution >= 4 is 17.5 Å². The van der Waals surface area contributed by atoms with Gasteiger partial charge in [-0.05, 0) is 67.5 Å². The van der Waals surface area contributed by atoms with Gasteiger partial charge in [-0.25, -0.2) is 0 Å². The zero-order valence-electron chi connectivity index (χ0n) is 14.7. The molecule has 1 amide bonds. The van der Waals surface area contributed by atoms with Crippen molar-refractivity contribution in [2.45, 2.75) is 51.7 Å². The molecule has 3 rings (SSSR count). The van der Waals surface area contributed by atoms with Crippen LogP contribution in [0.1, 0.15) is 48.9 Å². The molecule has 0 spiro atoms. The van der Waals surface area contributed by atoms with E-state index in [9.17, 15) is 4.79 Å². The second-order valence-corrected chi connectivity index (χ2v) is 6.99. The van der Waals surface area contributed by atoms with Crippen molar-refractivity contribution in [2.24, 2.45) is 0 Å². The smallest absolute Gasteiger partial charge is 0.261 e. The molecule has 1 aliphatic rings. The molecule has 1 N–H and O–H groups in total. The number of carbonyl (C=O) groups excluding carboxylic acids is 1. The summed E-state index contributed by atoms with van der Waals surface area (Å²) in [5, 5.41) is 3.88. The van der Waals surface area contributed by atoms with E-state index < -0.39 is 6.10 Å². The lowest BCUT2D eigenvalue weighted by atomic mass is 9.87. The number of amides is 1. The monoisotopic (exact) mass is 357 g/mol. The van der Waals surface area contributed by atoms with Gasteiger partial charge in [-0.3, -0.25) is 4.79 Å². The van der Waals surface area contributed by atoms with E-state index in [0.29, 0.717) is 17.2 Å². The van der Waals surface area contributed by atoms with Gasteiger partial charge in [-0.2, -0.15) is 0 Å². The van der Waals surface area contributed by atoms with Gasteiger partial charge in [0.2, 0.25) is 0 Å².